The minimum absolute atomic E-state index is 0.632. The van der Waals surface area contributed by atoms with Crippen molar-refractivity contribution in [3.63, 3.8) is 0 Å². The van der Waals surface area contributed by atoms with E-state index in [1.807, 2.05) is 12.4 Å². The molecule has 0 atom stereocenters. The number of pyridine rings is 1. The fourth-order valence-electron chi connectivity index (χ4n) is 2.14. The molecule has 1 aliphatic heterocycles. The molecule has 0 bridgehead atoms. The van der Waals surface area contributed by atoms with Crippen LogP contribution in [-0.2, 0) is 16.6 Å². The van der Waals surface area contributed by atoms with E-state index in [1.165, 1.54) is 16.7 Å². The van der Waals surface area contributed by atoms with Gasteiger partial charge in [-0.25, -0.2) is 13.4 Å². The second kappa shape index (κ2) is 5.12. The van der Waals surface area contributed by atoms with Crippen LogP contribution in [0.15, 0.2) is 24.5 Å². The molecule has 1 fully saturated rings. The normalized spacial score (nSPS) is 19.4. The van der Waals surface area contributed by atoms with Crippen LogP contribution >= 0.6 is 0 Å². The maximum Gasteiger partial charge on any atom is 0.211 e. The third-order valence-corrected chi connectivity index (χ3v) is 4.44. The summed E-state index contributed by atoms with van der Waals surface area (Å²) in [6.07, 6.45) is 5.12. The van der Waals surface area contributed by atoms with Gasteiger partial charge in [-0.1, -0.05) is 0 Å². The van der Waals surface area contributed by atoms with Gasteiger partial charge in [0, 0.05) is 17.7 Å². The molecule has 17 heavy (non-hydrogen) atoms. The molecule has 0 radical (unpaired) electrons. The van der Waals surface area contributed by atoms with Crippen molar-refractivity contribution in [1.82, 2.24) is 4.31 Å². The van der Waals surface area contributed by atoms with Crippen LogP contribution in [0.25, 0.3) is 0 Å². The molecule has 0 unspecified atom stereocenters. The van der Waals surface area contributed by atoms with Gasteiger partial charge in [0.25, 0.3) is 0 Å². The number of piperazine rings is 1. The molecule has 0 amide bonds. The number of sulfonamides is 1. The van der Waals surface area contributed by atoms with Gasteiger partial charge in [-0.05, 0) is 0 Å². The summed E-state index contributed by atoms with van der Waals surface area (Å²) < 4.78 is 24.3. The fourth-order valence-corrected chi connectivity index (χ4v) is 2.98. The Kier molecular flexibility index (Phi) is 3.76. The summed E-state index contributed by atoms with van der Waals surface area (Å²) in [4.78, 5) is 4.44. The van der Waals surface area contributed by atoms with E-state index in [1.54, 1.807) is 4.31 Å². The van der Waals surface area contributed by atoms with Crippen molar-refractivity contribution in [3.8, 4) is 0 Å². The van der Waals surface area contributed by atoms with Crippen LogP contribution < -0.4 is 9.88 Å². The van der Waals surface area contributed by atoms with Gasteiger partial charge in [-0.3, -0.25) is 0 Å². The van der Waals surface area contributed by atoms with Crippen molar-refractivity contribution in [2.24, 2.45) is 0 Å². The minimum atomic E-state index is -3.01. The van der Waals surface area contributed by atoms with E-state index >= 15 is 0 Å². The standard InChI is InChI=1S/C11H17N3O2S/c1-17(15,16)14-8-6-13(7-9-14)10-11-2-4-12-5-3-11/h2-5H,6-10H2,1H3/p+2. The lowest BCUT2D eigenvalue weighted by atomic mass is 10.2. The first-order chi connectivity index (χ1) is 8.05. The van der Waals surface area contributed by atoms with Gasteiger partial charge in [0.1, 0.15) is 6.54 Å². The first-order valence-electron chi connectivity index (χ1n) is 5.79. The van der Waals surface area contributed by atoms with Gasteiger partial charge in [0.15, 0.2) is 12.4 Å². The summed E-state index contributed by atoms with van der Waals surface area (Å²) in [5.74, 6) is 0. The van der Waals surface area contributed by atoms with E-state index in [0.29, 0.717) is 13.1 Å². The zero-order valence-electron chi connectivity index (χ0n) is 10.0. The van der Waals surface area contributed by atoms with E-state index in [0.717, 1.165) is 19.6 Å². The Hall–Kier alpha value is -0.980. The van der Waals surface area contributed by atoms with Crippen molar-refractivity contribution in [2.45, 2.75) is 6.54 Å². The number of aromatic amines is 1. The van der Waals surface area contributed by atoms with Crippen LogP contribution in [0.3, 0.4) is 0 Å². The van der Waals surface area contributed by atoms with Crippen molar-refractivity contribution in [2.75, 3.05) is 32.4 Å². The Morgan fingerprint density at radius 1 is 1.29 bits per heavy atom. The lowest BCUT2D eigenvalue weighted by Gasteiger charge is -2.30. The molecule has 1 aromatic rings. The van der Waals surface area contributed by atoms with Crippen LogP contribution in [0.1, 0.15) is 5.56 Å². The highest BCUT2D eigenvalue weighted by atomic mass is 32.2. The van der Waals surface area contributed by atoms with Gasteiger partial charge in [-0.2, -0.15) is 4.31 Å². The fraction of sp³-hybridized carbons (Fsp3) is 0.545. The quantitative estimate of drug-likeness (QED) is 0.692. The summed E-state index contributed by atoms with van der Waals surface area (Å²) in [7, 11) is -3.01. The highest BCUT2D eigenvalue weighted by Crippen LogP contribution is 1.98. The molecule has 5 nitrogen and oxygen atoms in total. The predicted molar refractivity (Wildman–Crippen MR) is 63.8 cm³/mol. The number of nitrogens with one attached hydrogen (secondary N) is 2. The molecular formula is C11H19N3O2S+2. The Balaban J connectivity index is 1.88. The van der Waals surface area contributed by atoms with Crippen LogP contribution in [0, 0.1) is 0 Å². The van der Waals surface area contributed by atoms with E-state index < -0.39 is 10.0 Å². The average Bonchev–Trinajstić information content (AvgIpc) is 2.30. The highest BCUT2D eigenvalue weighted by molar-refractivity contribution is 7.88. The van der Waals surface area contributed by atoms with E-state index in [4.69, 9.17) is 0 Å². The van der Waals surface area contributed by atoms with Crippen molar-refractivity contribution >= 4 is 10.0 Å². The molecule has 94 valence electrons. The lowest BCUT2D eigenvalue weighted by molar-refractivity contribution is -0.917. The molecule has 2 rings (SSSR count). The van der Waals surface area contributed by atoms with Crippen LogP contribution in [0.2, 0.25) is 0 Å². The maximum atomic E-state index is 11.4. The third kappa shape index (κ3) is 3.49. The first-order valence-corrected chi connectivity index (χ1v) is 7.64. The largest absolute Gasteiger partial charge is 0.329 e. The molecule has 0 aliphatic carbocycles. The number of hydrogen-bond acceptors (Lipinski definition) is 2. The smallest absolute Gasteiger partial charge is 0.211 e. The monoisotopic (exact) mass is 257 g/mol. The molecule has 1 saturated heterocycles. The van der Waals surface area contributed by atoms with Gasteiger partial charge < -0.3 is 4.90 Å². The Bertz CT molecular complexity index is 453. The third-order valence-electron chi connectivity index (χ3n) is 3.14. The van der Waals surface area contributed by atoms with Crippen molar-refractivity contribution < 1.29 is 18.3 Å². The molecule has 6 heteroatoms. The van der Waals surface area contributed by atoms with Crippen LogP contribution in [0.4, 0.5) is 0 Å². The zero-order chi connectivity index (χ0) is 12.3. The van der Waals surface area contributed by atoms with Crippen molar-refractivity contribution in [3.05, 3.63) is 30.1 Å². The lowest BCUT2D eigenvalue weighted by Crippen LogP contribution is -3.13. The second-order valence-electron chi connectivity index (χ2n) is 4.50. The number of hydrogen-bond donors (Lipinski definition) is 1. The summed E-state index contributed by atoms with van der Waals surface area (Å²) in [6.45, 7) is 3.99. The van der Waals surface area contributed by atoms with Gasteiger partial charge in [-0.15, -0.1) is 0 Å². The minimum Gasteiger partial charge on any atom is -0.329 e. The Morgan fingerprint density at radius 2 is 1.88 bits per heavy atom. The molecule has 0 aromatic carbocycles. The summed E-state index contributed by atoms with van der Waals surface area (Å²) in [5.41, 5.74) is 1.28. The first kappa shape index (κ1) is 12.5. The van der Waals surface area contributed by atoms with E-state index in [2.05, 4.69) is 17.1 Å². The van der Waals surface area contributed by atoms with Crippen LogP contribution in [-0.4, -0.2) is 45.2 Å². The number of H-pyrrole nitrogens is 1. The Morgan fingerprint density at radius 3 is 2.41 bits per heavy atom. The Labute approximate surface area is 102 Å². The molecule has 2 heterocycles. The summed E-state index contributed by atoms with van der Waals surface area (Å²) >= 11 is 0. The van der Waals surface area contributed by atoms with E-state index in [-0.39, 0.29) is 0 Å². The SMILES string of the molecule is CS(=O)(=O)N1CC[NH+](Cc2cc[nH+]cc2)CC1. The van der Waals surface area contributed by atoms with Gasteiger partial charge >= 0.3 is 0 Å². The number of nitrogens with zero attached hydrogens (tertiary/aromatic N) is 1. The van der Waals surface area contributed by atoms with Gasteiger partial charge in [0.2, 0.25) is 10.0 Å². The predicted octanol–water partition coefficient (Wildman–Crippen LogP) is -1.84. The van der Waals surface area contributed by atoms with Crippen molar-refractivity contribution in [1.29, 1.82) is 0 Å². The summed E-state index contributed by atoms with van der Waals surface area (Å²) in [6, 6.07) is 4.13. The number of quaternary nitrogens is 1. The molecule has 1 aromatic heterocycles. The average molecular weight is 257 g/mol. The second-order valence-corrected chi connectivity index (χ2v) is 6.48. The van der Waals surface area contributed by atoms with Gasteiger partial charge in [0.05, 0.1) is 32.4 Å². The molecular weight excluding hydrogens is 238 g/mol. The van der Waals surface area contributed by atoms with E-state index in [9.17, 15) is 8.42 Å². The molecule has 0 spiro atoms. The topological polar surface area (TPSA) is 56.0 Å². The summed E-state index contributed by atoms with van der Waals surface area (Å²) in [5, 5.41) is 0. The molecule has 0 saturated carbocycles. The zero-order valence-corrected chi connectivity index (χ0v) is 10.8. The molecule has 2 N–H and O–H groups in total. The van der Waals surface area contributed by atoms with Crippen LogP contribution in [0.5, 0.6) is 0 Å². The highest BCUT2D eigenvalue weighted by Gasteiger charge is 2.25. The maximum absolute atomic E-state index is 11.4. The number of aromatic nitrogens is 1. The number of rotatable bonds is 3. The molecule has 1 aliphatic rings.